The van der Waals surface area contributed by atoms with Gasteiger partial charge in [-0.3, -0.25) is 0 Å². The van der Waals surface area contributed by atoms with Gasteiger partial charge in [-0.2, -0.15) is 5.26 Å². The predicted molar refractivity (Wildman–Crippen MR) is 66.3 cm³/mol. The summed E-state index contributed by atoms with van der Waals surface area (Å²) in [6.07, 6.45) is 3.15. The maximum atomic E-state index is 9.62. The van der Waals surface area contributed by atoms with E-state index in [1.807, 2.05) is 24.3 Å². The zero-order valence-corrected chi connectivity index (χ0v) is 9.89. The van der Waals surface area contributed by atoms with Crippen molar-refractivity contribution in [3.05, 3.63) is 35.4 Å². The highest BCUT2D eigenvalue weighted by Gasteiger charge is 2.44. The smallest absolute Gasteiger partial charge is 0.0994 e. The molecule has 0 aromatic heterocycles. The van der Waals surface area contributed by atoms with Crippen molar-refractivity contribution in [1.29, 1.82) is 5.26 Å². The number of hydrogen-bond donors (Lipinski definition) is 2. The maximum absolute atomic E-state index is 9.62. The number of benzene rings is 1. The molecule has 0 bridgehead atoms. The van der Waals surface area contributed by atoms with Gasteiger partial charge in [-0.25, -0.2) is 0 Å². The van der Waals surface area contributed by atoms with Gasteiger partial charge in [0.1, 0.15) is 0 Å². The molecule has 1 atom stereocenters. The number of aliphatic hydroxyl groups excluding tert-OH is 1. The second-order valence-electron chi connectivity index (χ2n) is 4.86. The van der Waals surface area contributed by atoms with Crippen molar-refractivity contribution in [2.75, 3.05) is 13.2 Å². The van der Waals surface area contributed by atoms with Gasteiger partial charge in [-0.15, -0.1) is 0 Å². The molecule has 0 heterocycles. The Hall–Kier alpha value is -1.37. The molecule has 1 aromatic carbocycles. The number of nitrogens with two attached hydrogens (primary N) is 1. The summed E-state index contributed by atoms with van der Waals surface area (Å²) in [5.74, 6) is 0.0945. The fourth-order valence-electron chi connectivity index (χ4n) is 2.86. The molecule has 90 valence electrons. The van der Waals surface area contributed by atoms with Crippen LogP contribution in [0.5, 0.6) is 0 Å². The van der Waals surface area contributed by atoms with Crippen LogP contribution in [0.3, 0.4) is 0 Å². The van der Waals surface area contributed by atoms with Crippen LogP contribution in [-0.2, 0) is 0 Å². The molecular formula is C14H18N2O. The quantitative estimate of drug-likeness (QED) is 0.828. The second kappa shape index (κ2) is 4.87. The Morgan fingerprint density at radius 2 is 2.12 bits per heavy atom. The minimum Gasteiger partial charge on any atom is -0.396 e. The van der Waals surface area contributed by atoms with Gasteiger partial charge < -0.3 is 10.8 Å². The van der Waals surface area contributed by atoms with Crippen molar-refractivity contribution in [3.8, 4) is 6.07 Å². The molecule has 2 rings (SSSR count). The lowest BCUT2D eigenvalue weighted by atomic mass is 9.59. The van der Waals surface area contributed by atoms with Crippen LogP contribution in [0.15, 0.2) is 24.3 Å². The first kappa shape index (κ1) is 12.1. The predicted octanol–water partition coefficient (Wildman–Crippen LogP) is 1.76. The largest absolute Gasteiger partial charge is 0.396 e. The van der Waals surface area contributed by atoms with E-state index < -0.39 is 0 Å². The first-order valence-corrected chi connectivity index (χ1v) is 6.07. The molecule has 1 fully saturated rings. The fraction of sp³-hybridized carbons (Fsp3) is 0.500. The lowest BCUT2D eigenvalue weighted by molar-refractivity contribution is 0.0191. The number of rotatable bonds is 4. The van der Waals surface area contributed by atoms with Crippen LogP contribution in [0.25, 0.3) is 0 Å². The van der Waals surface area contributed by atoms with E-state index in [9.17, 15) is 5.11 Å². The lowest BCUT2D eigenvalue weighted by Gasteiger charge is -2.46. The highest BCUT2D eigenvalue weighted by Crippen LogP contribution is 2.51. The van der Waals surface area contributed by atoms with Crippen LogP contribution in [-0.4, -0.2) is 18.3 Å². The summed E-state index contributed by atoms with van der Waals surface area (Å²) >= 11 is 0. The zero-order valence-electron chi connectivity index (χ0n) is 9.89. The van der Waals surface area contributed by atoms with E-state index in [1.54, 1.807) is 0 Å². The highest BCUT2D eigenvalue weighted by atomic mass is 16.3. The van der Waals surface area contributed by atoms with E-state index >= 15 is 0 Å². The summed E-state index contributed by atoms with van der Waals surface area (Å²) in [5, 5.41) is 18.8. The van der Waals surface area contributed by atoms with Gasteiger partial charge in [0.25, 0.3) is 0 Å². The standard InChI is InChI=1S/C14H18N2O/c15-8-11-4-1-2-5-12(11)13(9-16)14(10-17)6-3-7-14/h1-2,4-5,13,17H,3,6-7,9-10,16H2. The minimum atomic E-state index is -0.0955. The normalized spacial score (nSPS) is 19.1. The SMILES string of the molecule is N#Cc1ccccc1C(CN)C1(CO)CCC1. The topological polar surface area (TPSA) is 70.0 Å². The van der Waals surface area contributed by atoms with Gasteiger partial charge in [0.15, 0.2) is 0 Å². The number of hydrogen-bond acceptors (Lipinski definition) is 3. The molecule has 1 aliphatic carbocycles. The summed E-state index contributed by atoms with van der Waals surface area (Å²) in [7, 11) is 0. The van der Waals surface area contributed by atoms with Crippen molar-refractivity contribution in [3.63, 3.8) is 0 Å². The van der Waals surface area contributed by atoms with Crippen molar-refractivity contribution in [2.45, 2.75) is 25.2 Å². The van der Waals surface area contributed by atoms with Gasteiger partial charge in [0.05, 0.1) is 11.6 Å². The van der Waals surface area contributed by atoms with Gasteiger partial charge in [0.2, 0.25) is 0 Å². The van der Waals surface area contributed by atoms with Gasteiger partial charge in [-0.1, -0.05) is 24.6 Å². The molecule has 17 heavy (non-hydrogen) atoms. The Morgan fingerprint density at radius 3 is 2.59 bits per heavy atom. The van der Waals surface area contributed by atoms with Crippen LogP contribution in [0, 0.1) is 16.7 Å². The van der Waals surface area contributed by atoms with Crippen LogP contribution < -0.4 is 5.73 Å². The summed E-state index contributed by atoms with van der Waals surface area (Å²) in [6, 6.07) is 9.80. The van der Waals surface area contributed by atoms with E-state index in [2.05, 4.69) is 6.07 Å². The summed E-state index contributed by atoms with van der Waals surface area (Å²) in [4.78, 5) is 0. The van der Waals surface area contributed by atoms with Gasteiger partial charge in [-0.05, 0) is 31.0 Å². The van der Waals surface area contributed by atoms with E-state index in [0.717, 1.165) is 24.8 Å². The molecule has 3 N–H and O–H groups in total. The summed E-state index contributed by atoms with van der Waals surface area (Å²) in [5.41, 5.74) is 7.46. The maximum Gasteiger partial charge on any atom is 0.0994 e. The van der Waals surface area contributed by atoms with Crippen LogP contribution in [0.1, 0.15) is 36.3 Å². The molecule has 1 aromatic rings. The van der Waals surface area contributed by atoms with Crippen LogP contribution >= 0.6 is 0 Å². The monoisotopic (exact) mass is 230 g/mol. The van der Waals surface area contributed by atoms with E-state index in [4.69, 9.17) is 11.0 Å². The molecule has 1 saturated carbocycles. The summed E-state index contributed by atoms with van der Waals surface area (Å²) < 4.78 is 0. The average Bonchev–Trinajstić information content (AvgIpc) is 2.33. The Morgan fingerprint density at radius 1 is 1.41 bits per heavy atom. The Balaban J connectivity index is 2.39. The fourth-order valence-corrected chi connectivity index (χ4v) is 2.86. The first-order chi connectivity index (χ1) is 8.27. The number of nitriles is 1. The van der Waals surface area contributed by atoms with Crippen molar-refractivity contribution in [2.24, 2.45) is 11.1 Å². The zero-order chi connectivity index (χ0) is 12.3. The Labute approximate surface area is 102 Å². The molecule has 0 saturated heterocycles. The second-order valence-corrected chi connectivity index (χ2v) is 4.86. The molecule has 0 aliphatic heterocycles. The van der Waals surface area contributed by atoms with Gasteiger partial charge in [0, 0.05) is 17.9 Å². The summed E-state index contributed by atoms with van der Waals surface area (Å²) in [6.45, 7) is 0.647. The number of aliphatic hydroxyl groups is 1. The average molecular weight is 230 g/mol. The lowest BCUT2D eigenvalue weighted by Crippen LogP contribution is -2.42. The third-order valence-corrected chi connectivity index (χ3v) is 4.10. The molecule has 1 unspecified atom stereocenters. The molecule has 3 heteroatoms. The Kier molecular flexibility index (Phi) is 3.46. The van der Waals surface area contributed by atoms with Crippen molar-refractivity contribution in [1.82, 2.24) is 0 Å². The third kappa shape index (κ3) is 1.95. The van der Waals surface area contributed by atoms with Crippen molar-refractivity contribution >= 4 is 0 Å². The molecular weight excluding hydrogens is 212 g/mol. The molecule has 3 nitrogen and oxygen atoms in total. The third-order valence-electron chi connectivity index (χ3n) is 4.10. The van der Waals surface area contributed by atoms with E-state index in [0.29, 0.717) is 12.1 Å². The molecule has 0 radical (unpaired) electrons. The van der Waals surface area contributed by atoms with E-state index in [1.165, 1.54) is 0 Å². The Bertz CT molecular complexity index is 427. The van der Waals surface area contributed by atoms with Gasteiger partial charge >= 0.3 is 0 Å². The minimum absolute atomic E-state index is 0.0945. The molecule has 0 spiro atoms. The molecule has 0 amide bonds. The number of nitrogens with zero attached hydrogens (tertiary/aromatic N) is 1. The highest BCUT2D eigenvalue weighted by molar-refractivity contribution is 5.41. The van der Waals surface area contributed by atoms with Crippen LogP contribution in [0.4, 0.5) is 0 Å². The first-order valence-electron chi connectivity index (χ1n) is 6.07. The van der Waals surface area contributed by atoms with Crippen LogP contribution in [0.2, 0.25) is 0 Å². The van der Waals surface area contributed by atoms with Crippen molar-refractivity contribution < 1.29 is 5.11 Å². The molecule has 1 aliphatic rings. The van der Waals surface area contributed by atoms with E-state index in [-0.39, 0.29) is 17.9 Å².